The Morgan fingerprint density at radius 3 is 2.20 bits per heavy atom. The third-order valence-corrected chi connectivity index (χ3v) is 5.25. The van der Waals surface area contributed by atoms with Crippen LogP contribution in [0.1, 0.15) is 38.3 Å². The lowest BCUT2D eigenvalue weighted by Gasteiger charge is -2.35. The molecule has 0 bridgehead atoms. The molecule has 1 N–H and O–H groups in total. The summed E-state index contributed by atoms with van der Waals surface area (Å²) in [6.07, 6.45) is -6.62. The van der Waals surface area contributed by atoms with E-state index in [1.165, 1.54) is 39.8 Å². The fourth-order valence-corrected chi connectivity index (χ4v) is 2.95. The van der Waals surface area contributed by atoms with Crippen LogP contribution in [0.25, 0.3) is 0 Å². The highest BCUT2D eigenvalue weighted by atomic mass is 32.2. The lowest BCUT2D eigenvalue weighted by atomic mass is 9.85. The predicted molar refractivity (Wildman–Crippen MR) is 85.5 cm³/mol. The lowest BCUT2D eigenvalue weighted by molar-refractivity contribution is -0.172. The van der Waals surface area contributed by atoms with Gasteiger partial charge < -0.3 is 0 Å². The average Bonchev–Trinajstić information content (AvgIpc) is 2.47. The van der Waals surface area contributed by atoms with E-state index in [4.69, 9.17) is 0 Å². The molecular formula is C16H20F5NO2S. The van der Waals surface area contributed by atoms with Crippen molar-refractivity contribution in [2.75, 3.05) is 6.67 Å². The summed E-state index contributed by atoms with van der Waals surface area (Å²) in [4.78, 5) is 11.5. The second-order valence-electron chi connectivity index (χ2n) is 6.73. The number of halogens is 5. The van der Waals surface area contributed by atoms with Gasteiger partial charge in [0.2, 0.25) is 5.78 Å². The van der Waals surface area contributed by atoms with Gasteiger partial charge >= 0.3 is 6.18 Å². The predicted octanol–water partition coefficient (Wildman–Crippen LogP) is 3.87. The van der Waals surface area contributed by atoms with E-state index in [1.807, 2.05) is 0 Å². The molecule has 3 nitrogen and oxygen atoms in total. The van der Waals surface area contributed by atoms with Gasteiger partial charge in [0.05, 0.1) is 21.3 Å². The first-order valence-corrected chi connectivity index (χ1v) is 8.51. The summed E-state index contributed by atoms with van der Waals surface area (Å²) >= 11 is 0. The number of aryl methyl sites for hydroxylation is 1. The second-order valence-corrected chi connectivity index (χ2v) is 8.70. The number of carbonyl (C=O) groups is 1. The maximum absolute atomic E-state index is 14.5. The summed E-state index contributed by atoms with van der Waals surface area (Å²) in [5, 5.41) is 0. The molecule has 0 aliphatic heterocycles. The summed E-state index contributed by atoms with van der Waals surface area (Å²) in [5.74, 6) is -3.18. The Kier molecular flexibility index (Phi) is 6.50. The quantitative estimate of drug-likeness (QED) is 0.756. The van der Waals surface area contributed by atoms with E-state index in [1.54, 1.807) is 0 Å². The van der Waals surface area contributed by atoms with Gasteiger partial charge in [-0.05, 0) is 33.3 Å². The average molecular weight is 385 g/mol. The van der Waals surface area contributed by atoms with Crippen LogP contribution in [0.2, 0.25) is 0 Å². The first-order valence-electron chi connectivity index (χ1n) is 7.36. The van der Waals surface area contributed by atoms with E-state index in [9.17, 15) is 31.0 Å². The van der Waals surface area contributed by atoms with Crippen LogP contribution in [-0.4, -0.2) is 27.6 Å². The number of rotatable bonds is 6. The maximum atomic E-state index is 14.5. The molecule has 1 unspecified atom stereocenters. The van der Waals surface area contributed by atoms with Gasteiger partial charge in [0.25, 0.3) is 0 Å². The van der Waals surface area contributed by atoms with Gasteiger partial charge in [0.15, 0.2) is 0 Å². The number of benzene rings is 1. The molecule has 1 aromatic carbocycles. The van der Waals surface area contributed by atoms with Crippen LogP contribution in [0, 0.1) is 12.7 Å². The molecule has 0 aliphatic rings. The first-order chi connectivity index (χ1) is 11.2. The van der Waals surface area contributed by atoms with Crippen molar-refractivity contribution in [3.8, 4) is 0 Å². The molecule has 1 aromatic rings. The third kappa shape index (κ3) is 5.07. The Labute approximate surface area is 145 Å². The van der Waals surface area contributed by atoms with Crippen molar-refractivity contribution in [3.63, 3.8) is 0 Å². The Bertz CT molecular complexity index is 639. The lowest BCUT2D eigenvalue weighted by Crippen LogP contribution is -2.52. The van der Waals surface area contributed by atoms with E-state index >= 15 is 0 Å². The zero-order valence-corrected chi connectivity index (χ0v) is 15.1. The number of hydrogen-bond donors (Lipinski definition) is 1. The number of carbonyl (C=O) groups excluding carboxylic acids is 1. The summed E-state index contributed by atoms with van der Waals surface area (Å²) in [5.41, 5.74) is -2.79. The van der Waals surface area contributed by atoms with Crippen molar-refractivity contribution in [3.05, 3.63) is 35.1 Å². The van der Waals surface area contributed by atoms with Gasteiger partial charge in [-0.2, -0.15) is 13.2 Å². The Balaban J connectivity index is 3.50. The van der Waals surface area contributed by atoms with E-state index < -0.39 is 57.7 Å². The molecule has 0 radical (unpaired) electrons. The molecule has 0 fully saturated rings. The van der Waals surface area contributed by atoms with E-state index in [-0.39, 0.29) is 5.56 Å². The van der Waals surface area contributed by atoms with Gasteiger partial charge in [-0.1, -0.05) is 18.2 Å². The molecule has 0 saturated carbocycles. The molecule has 0 saturated heterocycles. The molecule has 0 aromatic heterocycles. The minimum absolute atomic E-state index is 0.0677. The van der Waals surface area contributed by atoms with Crippen LogP contribution < -0.4 is 4.72 Å². The van der Waals surface area contributed by atoms with Gasteiger partial charge in [-0.3, -0.25) is 4.79 Å². The molecule has 1 rings (SSSR count). The fourth-order valence-electron chi connectivity index (χ4n) is 2.05. The number of alkyl halides is 4. The van der Waals surface area contributed by atoms with Gasteiger partial charge in [0, 0.05) is 12.0 Å². The van der Waals surface area contributed by atoms with Crippen molar-refractivity contribution < 1.29 is 31.0 Å². The van der Waals surface area contributed by atoms with Crippen LogP contribution >= 0.6 is 0 Å². The number of hydrogen-bond acceptors (Lipinski definition) is 2. The van der Waals surface area contributed by atoms with Crippen LogP contribution in [-0.2, 0) is 21.3 Å². The Morgan fingerprint density at radius 1 is 1.20 bits per heavy atom. The van der Waals surface area contributed by atoms with Gasteiger partial charge in [0.1, 0.15) is 12.5 Å². The molecule has 142 valence electrons. The number of Topliss-reactive ketones (excluding diaryl/α,β-unsaturated/α-hetero) is 1. The molecule has 0 spiro atoms. The van der Waals surface area contributed by atoms with Crippen LogP contribution in [0.15, 0.2) is 18.2 Å². The number of nitrogens with one attached hydrogen (secondary N) is 1. The van der Waals surface area contributed by atoms with Crippen molar-refractivity contribution >= 4 is 16.8 Å². The molecule has 9 heteroatoms. The largest absolute Gasteiger partial charge is 0.450 e. The summed E-state index contributed by atoms with van der Waals surface area (Å²) < 4.78 is 80.2. The summed E-state index contributed by atoms with van der Waals surface area (Å²) in [6.45, 7) is 4.34. The number of ketones is 1. The standard InChI is InChI=1S/C16H20F5NO2S/c1-10-6-5-7-11(13(10)18)15(9-17,8-12(23)16(19,20)21)22-25(24)14(2,3)4/h5-7,22H,8-9H2,1-4H3/t15-,25?/m1/s1. The van der Waals surface area contributed by atoms with Gasteiger partial charge in [-0.25, -0.2) is 17.7 Å². The normalized spacial score (nSPS) is 16.4. The molecule has 25 heavy (non-hydrogen) atoms. The second kappa shape index (κ2) is 7.49. The Morgan fingerprint density at radius 2 is 1.76 bits per heavy atom. The zero-order valence-electron chi connectivity index (χ0n) is 14.3. The summed E-state index contributed by atoms with van der Waals surface area (Å²) in [6, 6.07) is 3.77. The summed E-state index contributed by atoms with van der Waals surface area (Å²) in [7, 11) is -2.04. The van der Waals surface area contributed by atoms with Crippen molar-refractivity contribution in [2.24, 2.45) is 0 Å². The Hall–Kier alpha value is -1.35. The minimum Gasteiger partial charge on any atom is -0.289 e. The van der Waals surface area contributed by atoms with E-state index in [2.05, 4.69) is 4.72 Å². The van der Waals surface area contributed by atoms with E-state index in [0.29, 0.717) is 0 Å². The highest BCUT2D eigenvalue weighted by Crippen LogP contribution is 2.34. The van der Waals surface area contributed by atoms with E-state index in [0.717, 1.165) is 6.07 Å². The highest BCUT2D eigenvalue weighted by molar-refractivity contribution is 7.84. The molecule has 0 aliphatic carbocycles. The minimum atomic E-state index is -5.22. The molecule has 2 atom stereocenters. The topological polar surface area (TPSA) is 46.2 Å². The van der Waals surface area contributed by atoms with Crippen LogP contribution in [0.5, 0.6) is 0 Å². The first kappa shape index (κ1) is 21.7. The smallest absolute Gasteiger partial charge is 0.289 e. The van der Waals surface area contributed by atoms with Crippen LogP contribution in [0.3, 0.4) is 0 Å². The van der Waals surface area contributed by atoms with Gasteiger partial charge in [-0.15, -0.1) is 0 Å². The monoisotopic (exact) mass is 385 g/mol. The maximum Gasteiger partial charge on any atom is 0.450 e. The van der Waals surface area contributed by atoms with Crippen molar-refractivity contribution in [1.29, 1.82) is 0 Å². The zero-order chi connectivity index (χ0) is 19.6. The van der Waals surface area contributed by atoms with Crippen LogP contribution in [0.4, 0.5) is 22.0 Å². The molecule has 0 heterocycles. The van der Waals surface area contributed by atoms with Crippen molar-refractivity contribution in [2.45, 2.75) is 50.6 Å². The fraction of sp³-hybridized carbons (Fsp3) is 0.562. The highest BCUT2D eigenvalue weighted by Gasteiger charge is 2.48. The van der Waals surface area contributed by atoms with Crippen molar-refractivity contribution in [1.82, 2.24) is 4.72 Å². The molecular weight excluding hydrogens is 365 g/mol. The SMILES string of the molecule is Cc1cccc([C@](CF)(CC(=O)C(F)(F)F)NS(=O)C(C)(C)C)c1F. The third-order valence-electron chi connectivity index (χ3n) is 3.56. The molecule has 0 amide bonds.